The Kier molecular flexibility index (Phi) is 5.57. The summed E-state index contributed by atoms with van der Waals surface area (Å²) in [6, 6.07) is 7.13. The van der Waals surface area contributed by atoms with Gasteiger partial charge in [-0.05, 0) is 19.1 Å². The first-order chi connectivity index (χ1) is 8.65. The van der Waals surface area contributed by atoms with Gasteiger partial charge >= 0.3 is 5.97 Å². The molecule has 0 aliphatic rings. The molecular weight excluding hydrogens is 234 g/mol. The molecule has 0 saturated carbocycles. The summed E-state index contributed by atoms with van der Waals surface area (Å²) in [5.41, 5.74) is 5.93. The number of methoxy groups -OCH3 is 1. The Labute approximate surface area is 106 Å². The third-order valence-corrected chi connectivity index (χ3v) is 2.04. The fourth-order valence-corrected chi connectivity index (χ4v) is 1.23. The van der Waals surface area contributed by atoms with Crippen LogP contribution in [0.5, 0.6) is 11.5 Å². The van der Waals surface area contributed by atoms with Crippen molar-refractivity contribution in [2.75, 3.05) is 20.3 Å². The van der Waals surface area contributed by atoms with Crippen molar-refractivity contribution in [1.29, 1.82) is 0 Å². The average Bonchev–Trinajstić information content (AvgIpc) is 2.37. The molecule has 0 unspecified atom stereocenters. The molecule has 0 bridgehead atoms. The Bertz CT molecular complexity index is 429. The zero-order valence-electron chi connectivity index (χ0n) is 10.5. The van der Waals surface area contributed by atoms with Gasteiger partial charge < -0.3 is 19.9 Å². The number of hydrogen-bond acceptors (Lipinski definition) is 5. The minimum Gasteiger partial charge on any atom is -0.497 e. The van der Waals surface area contributed by atoms with Crippen molar-refractivity contribution in [1.82, 2.24) is 0 Å². The molecule has 0 aliphatic heterocycles. The van der Waals surface area contributed by atoms with Crippen molar-refractivity contribution in [2.24, 2.45) is 5.73 Å². The van der Waals surface area contributed by atoms with Crippen LogP contribution < -0.4 is 15.2 Å². The second-order valence-electron chi connectivity index (χ2n) is 3.44. The SMILES string of the molecule is CCOC(=O)/C=C(\N)COc1cccc(OC)c1. The molecule has 2 N–H and O–H groups in total. The summed E-state index contributed by atoms with van der Waals surface area (Å²) >= 11 is 0. The maximum atomic E-state index is 11.1. The summed E-state index contributed by atoms with van der Waals surface area (Å²) in [6.45, 7) is 2.17. The lowest BCUT2D eigenvalue weighted by atomic mass is 10.3. The van der Waals surface area contributed by atoms with Gasteiger partial charge in [-0.25, -0.2) is 4.79 Å². The molecule has 5 nitrogen and oxygen atoms in total. The minimum absolute atomic E-state index is 0.117. The minimum atomic E-state index is -0.468. The normalized spacial score (nSPS) is 10.9. The van der Waals surface area contributed by atoms with Crippen LogP contribution >= 0.6 is 0 Å². The highest BCUT2D eigenvalue weighted by atomic mass is 16.5. The zero-order chi connectivity index (χ0) is 13.4. The van der Waals surface area contributed by atoms with Gasteiger partial charge in [-0.15, -0.1) is 0 Å². The van der Waals surface area contributed by atoms with E-state index < -0.39 is 5.97 Å². The van der Waals surface area contributed by atoms with Crippen LogP contribution in [0.1, 0.15) is 6.92 Å². The molecule has 1 aromatic rings. The highest BCUT2D eigenvalue weighted by molar-refractivity contribution is 5.82. The molecule has 0 amide bonds. The Morgan fingerprint density at radius 1 is 1.39 bits per heavy atom. The average molecular weight is 251 g/mol. The van der Waals surface area contributed by atoms with Gasteiger partial charge in [0, 0.05) is 12.1 Å². The Hall–Kier alpha value is -2.17. The van der Waals surface area contributed by atoms with Gasteiger partial charge in [0.15, 0.2) is 0 Å². The number of esters is 1. The van der Waals surface area contributed by atoms with Crippen LogP contribution in [0.4, 0.5) is 0 Å². The van der Waals surface area contributed by atoms with Gasteiger partial charge in [-0.3, -0.25) is 0 Å². The summed E-state index contributed by atoms with van der Waals surface area (Å²) in [5.74, 6) is 0.847. The summed E-state index contributed by atoms with van der Waals surface area (Å²) in [5, 5.41) is 0. The fraction of sp³-hybridized carbons (Fsp3) is 0.308. The van der Waals surface area contributed by atoms with Gasteiger partial charge in [0.05, 0.1) is 19.4 Å². The van der Waals surface area contributed by atoms with Crippen molar-refractivity contribution in [3.63, 3.8) is 0 Å². The molecule has 5 heteroatoms. The van der Waals surface area contributed by atoms with Gasteiger partial charge in [0.25, 0.3) is 0 Å². The quantitative estimate of drug-likeness (QED) is 0.612. The van der Waals surface area contributed by atoms with Crippen LogP contribution in [0.2, 0.25) is 0 Å². The fourth-order valence-electron chi connectivity index (χ4n) is 1.23. The lowest BCUT2D eigenvalue weighted by Gasteiger charge is -2.07. The first-order valence-electron chi connectivity index (χ1n) is 5.55. The van der Waals surface area contributed by atoms with Crippen LogP contribution in [-0.2, 0) is 9.53 Å². The highest BCUT2D eigenvalue weighted by Gasteiger charge is 2.01. The largest absolute Gasteiger partial charge is 0.497 e. The highest BCUT2D eigenvalue weighted by Crippen LogP contribution is 2.18. The third kappa shape index (κ3) is 4.78. The van der Waals surface area contributed by atoms with Crippen LogP contribution in [-0.4, -0.2) is 26.3 Å². The predicted molar refractivity (Wildman–Crippen MR) is 67.4 cm³/mol. The molecule has 0 radical (unpaired) electrons. The summed E-state index contributed by atoms with van der Waals surface area (Å²) in [6.07, 6.45) is 1.21. The molecule has 18 heavy (non-hydrogen) atoms. The number of carbonyl (C=O) groups excluding carboxylic acids is 1. The number of ether oxygens (including phenoxy) is 3. The van der Waals surface area contributed by atoms with E-state index in [1.54, 1.807) is 32.2 Å². The van der Waals surface area contributed by atoms with E-state index in [4.69, 9.17) is 19.9 Å². The maximum absolute atomic E-state index is 11.1. The van der Waals surface area contributed by atoms with Crippen LogP contribution in [0.3, 0.4) is 0 Å². The number of rotatable bonds is 6. The first-order valence-corrected chi connectivity index (χ1v) is 5.55. The van der Waals surface area contributed by atoms with Crippen LogP contribution in [0.15, 0.2) is 36.0 Å². The van der Waals surface area contributed by atoms with E-state index in [-0.39, 0.29) is 6.61 Å². The lowest BCUT2D eigenvalue weighted by molar-refractivity contribution is -0.137. The Morgan fingerprint density at radius 3 is 2.78 bits per heavy atom. The lowest BCUT2D eigenvalue weighted by Crippen LogP contribution is -2.12. The van der Waals surface area contributed by atoms with Crippen LogP contribution in [0, 0.1) is 0 Å². The van der Waals surface area contributed by atoms with E-state index in [2.05, 4.69) is 0 Å². The summed E-state index contributed by atoms with van der Waals surface area (Å²) in [7, 11) is 1.58. The number of nitrogens with two attached hydrogens (primary N) is 1. The van der Waals surface area contributed by atoms with Crippen molar-refractivity contribution >= 4 is 5.97 Å². The molecule has 0 spiro atoms. The van der Waals surface area contributed by atoms with Gasteiger partial charge in [-0.2, -0.15) is 0 Å². The third-order valence-electron chi connectivity index (χ3n) is 2.04. The second kappa shape index (κ2) is 7.21. The van der Waals surface area contributed by atoms with E-state index in [9.17, 15) is 4.79 Å². The smallest absolute Gasteiger partial charge is 0.332 e. The molecule has 1 aromatic carbocycles. The number of benzene rings is 1. The first kappa shape index (κ1) is 13.9. The molecule has 98 valence electrons. The van der Waals surface area contributed by atoms with Gasteiger partial charge in [-0.1, -0.05) is 6.07 Å². The molecule has 1 rings (SSSR count). The van der Waals surface area contributed by atoms with Crippen molar-refractivity contribution in [2.45, 2.75) is 6.92 Å². The van der Waals surface area contributed by atoms with Crippen LogP contribution in [0.25, 0.3) is 0 Å². The molecule has 0 fully saturated rings. The van der Waals surface area contributed by atoms with Gasteiger partial charge in [0.1, 0.15) is 18.1 Å². The maximum Gasteiger partial charge on any atom is 0.332 e. The summed E-state index contributed by atoms with van der Waals surface area (Å²) < 4.78 is 15.2. The zero-order valence-corrected chi connectivity index (χ0v) is 10.5. The monoisotopic (exact) mass is 251 g/mol. The van der Waals surface area contributed by atoms with E-state index >= 15 is 0 Å². The van der Waals surface area contributed by atoms with Gasteiger partial charge in [0.2, 0.25) is 0 Å². The van der Waals surface area contributed by atoms with Crippen molar-refractivity contribution in [3.05, 3.63) is 36.0 Å². The predicted octanol–water partition coefficient (Wildman–Crippen LogP) is 1.48. The molecule has 0 aromatic heterocycles. The van der Waals surface area contributed by atoms with E-state index in [0.717, 1.165) is 0 Å². The van der Waals surface area contributed by atoms with E-state index in [1.165, 1.54) is 6.08 Å². The summed E-state index contributed by atoms with van der Waals surface area (Å²) in [4.78, 5) is 11.1. The topological polar surface area (TPSA) is 70.8 Å². The number of hydrogen-bond donors (Lipinski definition) is 1. The van der Waals surface area contributed by atoms with E-state index in [0.29, 0.717) is 23.8 Å². The van der Waals surface area contributed by atoms with Crippen molar-refractivity contribution < 1.29 is 19.0 Å². The number of carbonyl (C=O) groups is 1. The molecule has 0 aliphatic carbocycles. The Balaban J connectivity index is 2.51. The molecule has 0 saturated heterocycles. The Morgan fingerprint density at radius 2 is 2.11 bits per heavy atom. The second-order valence-corrected chi connectivity index (χ2v) is 3.44. The van der Waals surface area contributed by atoms with E-state index in [1.807, 2.05) is 6.07 Å². The standard InChI is InChI=1S/C13H17NO4/c1-3-17-13(15)7-10(14)9-18-12-6-4-5-11(8-12)16-2/h4-8H,3,9,14H2,1-2H3/b10-7-. The van der Waals surface area contributed by atoms with Crippen molar-refractivity contribution in [3.8, 4) is 11.5 Å². The molecule has 0 atom stereocenters. The molecular formula is C13H17NO4. The molecule has 0 heterocycles.